The molecule has 0 spiro atoms. The zero-order chi connectivity index (χ0) is 14.9. The maximum Gasteiger partial charge on any atom is 0.239 e. The van der Waals surface area contributed by atoms with E-state index in [0.29, 0.717) is 18.9 Å². The molecule has 0 aliphatic rings. The van der Waals surface area contributed by atoms with Crippen molar-refractivity contribution in [1.29, 1.82) is 0 Å². The summed E-state index contributed by atoms with van der Waals surface area (Å²) in [4.78, 5) is 23.2. The first kappa shape index (κ1) is 17.9. The highest BCUT2D eigenvalue weighted by molar-refractivity contribution is 5.87. The number of rotatable bonds is 8. The van der Waals surface area contributed by atoms with Gasteiger partial charge in [-0.1, -0.05) is 34.1 Å². The summed E-state index contributed by atoms with van der Waals surface area (Å²) in [6, 6.07) is 0. The number of hydrogen-bond donors (Lipinski definition) is 3. The van der Waals surface area contributed by atoms with Gasteiger partial charge in [-0.25, -0.2) is 0 Å². The van der Waals surface area contributed by atoms with Gasteiger partial charge in [0.05, 0.1) is 6.54 Å². The predicted octanol–water partition coefficient (Wildman–Crippen LogP) is 1.06. The van der Waals surface area contributed by atoms with E-state index in [9.17, 15) is 9.59 Å². The van der Waals surface area contributed by atoms with E-state index in [1.54, 1.807) is 20.8 Å². The average Bonchev–Trinajstić information content (AvgIpc) is 2.32. The quantitative estimate of drug-likeness (QED) is 0.618. The normalized spacial score (nSPS) is 12.9. The molecule has 1 atom stereocenters. The molecule has 0 aromatic rings. The van der Waals surface area contributed by atoms with Crippen molar-refractivity contribution in [2.24, 2.45) is 11.3 Å². The second-order valence-corrected chi connectivity index (χ2v) is 5.90. The summed E-state index contributed by atoms with van der Waals surface area (Å²) in [6.07, 6.45) is 2.71. The maximum absolute atomic E-state index is 11.6. The van der Waals surface area contributed by atoms with Crippen molar-refractivity contribution >= 4 is 11.8 Å². The average molecular weight is 272 g/mol. The Kier molecular flexibility index (Phi) is 8.39. The van der Waals surface area contributed by atoms with Crippen LogP contribution < -0.4 is 10.6 Å². The van der Waals surface area contributed by atoms with Gasteiger partial charge in [-0.3, -0.25) is 9.59 Å². The molecule has 0 radical (unpaired) electrons. The number of aliphatic hydroxyl groups excluding tert-OH is 1. The monoisotopic (exact) mass is 272 g/mol. The first-order valence-corrected chi connectivity index (χ1v) is 6.97. The molecule has 112 valence electrons. The summed E-state index contributed by atoms with van der Waals surface area (Å²) < 4.78 is 0. The molecular formula is C14H28N2O3. The minimum absolute atomic E-state index is 0.00801. The van der Waals surface area contributed by atoms with Gasteiger partial charge in [-0.2, -0.15) is 0 Å². The Balaban J connectivity index is 3.94. The Morgan fingerprint density at radius 1 is 1.16 bits per heavy atom. The third kappa shape index (κ3) is 8.59. The van der Waals surface area contributed by atoms with Gasteiger partial charge in [0, 0.05) is 18.6 Å². The Labute approximate surface area is 116 Å². The van der Waals surface area contributed by atoms with Crippen molar-refractivity contribution < 1.29 is 14.7 Å². The largest absolute Gasteiger partial charge is 0.396 e. The van der Waals surface area contributed by atoms with Crippen LogP contribution in [0.15, 0.2) is 0 Å². The van der Waals surface area contributed by atoms with Gasteiger partial charge in [-0.15, -0.1) is 0 Å². The minimum atomic E-state index is -0.484. The number of amides is 2. The fourth-order valence-electron chi connectivity index (χ4n) is 1.69. The lowest BCUT2D eigenvalue weighted by molar-refractivity contribution is -0.131. The lowest BCUT2D eigenvalue weighted by atomic mass is 9.96. The van der Waals surface area contributed by atoms with E-state index in [4.69, 9.17) is 5.11 Å². The molecule has 0 aromatic heterocycles. The molecule has 19 heavy (non-hydrogen) atoms. The van der Waals surface area contributed by atoms with E-state index in [1.807, 2.05) is 0 Å². The SMILES string of the molecule is CCCC(CCO)CNC(=O)CNC(=O)C(C)(C)C. The molecule has 0 bridgehead atoms. The van der Waals surface area contributed by atoms with Crippen LogP contribution in [-0.4, -0.2) is 36.6 Å². The highest BCUT2D eigenvalue weighted by atomic mass is 16.3. The lowest BCUT2D eigenvalue weighted by Crippen LogP contribution is -2.42. The van der Waals surface area contributed by atoms with Crippen molar-refractivity contribution in [2.75, 3.05) is 19.7 Å². The Bertz CT molecular complexity index is 279. The second-order valence-electron chi connectivity index (χ2n) is 5.90. The second kappa shape index (κ2) is 8.91. The third-order valence-corrected chi connectivity index (χ3v) is 2.91. The Morgan fingerprint density at radius 2 is 1.79 bits per heavy atom. The third-order valence-electron chi connectivity index (χ3n) is 2.91. The standard InChI is InChI=1S/C14H28N2O3/c1-5-6-11(7-8-17)9-15-12(18)10-16-13(19)14(2,3)4/h11,17H,5-10H2,1-4H3,(H,15,18)(H,16,19). The highest BCUT2D eigenvalue weighted by Crippen LogP contribution is 2.12. The molecule has 0 rings (SSSR count). The molecule has 5 heteroatoms. The molecule has 0 saturated heterocycles. The molecular weight excluding hydrogens is 244 g/mol. The van der Waals surface area contributed by atoms with E-state index in [-0.39, 0.29) is 25.0 Å². The lowest BCUT2D eigenvalue weighted by Gasteiger charge is -2.18. The van der Waals surface area contributed by atoms with Crippen LogP contribution in [0.4, 0.5) is 0 Å². The first-order valence-electron chi connectivity index (χ1n) is 6.97. The van der Waals surface area contributed by atoms with Gasteiger partial charge in [-0.05, 0) is 18.8 Å². The van der Waals surface area contributed by atoms with E-state index in [1.165, 1.54) is 0 Å². The van der Waals surface area contributed by atoms with Crippen LogP contribution in [0.1, 0.15) is 47.0 Å². The van der Waals surface area contributed by atoms with Crippen LogP contribution in [-0.2, 0) is 9.59 Å². The summed E-state index contributed by atoms with van der Waals surface area (Å²) in [5.74, 6) is -0.0166. The molecule has 2 amide bonds. The number of carbonyl (C=O) groups excluding carboxylic acids is 2. The van der Waals surface area contributed by atoms with E-state index in [2.05, 4.69) is 17.6 Å². The highest BCUT2D eigenvalue weighted by Gasteiger charge is 2.21. The maximum atomic E-state index is 11.6. The van der Waals surface area contributed by atoms with Crippen molar-refractivity contribution in [1.82, 2.24) is 10.6 Å². The fraction of sp³-hybridized carbons (Fsp3) is 0.857. The smallest absolute Gasteiger partial charge is 0.239 e. The van der Waals surface area contributed by atoms with E-state index < -0.39 is 5.41 Å². The fourth-order valence-corrected chi connectivity index (χ4v) is 1.69. The molecule has 1 unspecified atom stereocenters. The number of hydrogen-bond acceptors (Lipinski definition) is 3. The van der Waals surface area contributed by atoms with Gasteiger partial charge < -0.3 is 15.7 Å². The summed E-state index contributed by atoms with van der Waals surface area (Å²) in [5.41, 5.74) is -0.484. The van der Waals surface area contributed by atoms with Gasteiger partial charge in [0.2, 0.25) is 11.8 Å². The Hall–Kier alpha value is -1.10. The van der Waals surface area contributed by atoms with Crippen molar-refractivity contribution in [3.8, 4) is 0 Å². The van der Waals surface area contributed by atoms with Gasteiger partial charge >= 0.3 is 0 Å². The zero-order valence-electron chi connectivity index (χ0n) is 12.6. The summed E-state index contributed by atoms with van der Waals surface area (Å²) in [5, 5.41) is 14.3. The van der Waals surface area contributed by atoms with E-state index >= 15 is 0 Å². The summed E-state index contributed by atoms with van der Waals surface area (Å²) in [7, 11) is 0. The van der Waals surface area contributed by atoms with Crippen LogP contribution in [0, 0.1) is 11.3 Å². The Morgan fingerprint density at radius 3 is 2.26 bits per heavy atom. The predicted molar refractivity (Wildman–Crippen MR) is 75.6 cm³/mol. The molecule has 0 aromatic carbocycles. The minimum Gasteiger partial charge on any atom is -0.396 e. The molecule has 0 aliphatic heterocycles. The van der Waals surface area contributed by atoms with Crippen molar-refractivity contribution in [2.45, 2.75) is 47.0 Å². The van der Waals surface area contributed by atoms with Crippen LogP contribution >= 0.6 is 0 Å². The van der Waals surface area contributed by atoms with Gasteiger partial charge in [0.15, 0.2) is 0 Å². The zero-order valence-corrected chi connectivity index (χ0v) is 12.6. The molecule has 0 aliphatic carbocycles. The number of carbonyl (C=O) groups is 2. The molecule has 0 saturated carbocycles. The van der Waals surface area contributed by atoms with Gasteiger partial charge in [0.25, 0.3) is 0 Å². The number of nitrogens with one attached hydrogen (secondary N) is 2. The molecule has 5 nitrogen and oxygen atoms in total. The summed E-state index contributed by atoms with van der Waals surface area (Å²) >= 11 is 0. The number of aliphatic hydroxyl groups is 1. The molecule has 3 N–H and O–H groups in total. The van der Waals surface area contributed by atoms with Crippen LogP contribution in [0.2, 0.25) is 0 Å². The van der Waals surface area contributed by atoms with Crippen LogP contribution in [0.3, 0.4) is 0 Å². The van der Waals surface area contributed by atoms with Gasteiger partial charge in [0.1, 0.15) is 0 Å². The summed E-state index contributed by atoms with van der Waals surface area (Å²) in [6.45, 7) is 8.19. The first-order chi connectivity index (χ1) is 8.81. The van der Waals surface area contributed by atoms with Crippen LogP contribution in [0.5, 0.6) is 0 Å². The molecule has 0 heterocycles. The van der Waals surface area contributed by atoms with Crippen molar-refractivity contribution in [3.63, 3.8) is 0 Å². The van der Waals surface area contributed by atoms with Crippen LogP contribution in [0.25, 0.3) is 0 Å². The topological polar surface area (TPSA) is 78.4 Å². The van der Waals surface area contributed by atoms with E-state index in [0.717, 1.165) is 12.8 Å². The van der Waals surface area contributed by atoms with Crippen molar-refractivity contribution in [3.05, 3.63) is 0 Å². The molecule has 0 fully saturated rings.